The van der Waals surface area contributed by atoms with Gasteiger partial charge in [0, 0.05) is 50.3 Å². The van der Waals surface area contributed by atoms with E-state index in [0.717, 1.165) is 32.0 Å². The van der Waals surface area contributed by atoms with Crippen LogP contribution < -0.4 is 5.32 Å². The Balaban J connectivity index is 1.50. The molecule has 134 valence electrons. The minimum absolute atomic E-state index is 0.513. The van der Waals surface area contributed by atoms with Gasteiger partial charge in [0.25, 0.3) is 0 Å². The van der Waals surface area contributed by atoms with Crippen molar-refractivity contribution in [3.63, 3.8) is 0 Å². The maximum atomic E-state index is 4.71. The van der Waals surface area contributed by atoms with Gasteiger partial charge in [-0.15, -0.1) is 11.3 Å². The van der Waals surface area contributed by atoms with Crippen molar-refractivity contribution in [2.45, 2.75) is 38.5 Å². The molecule has 3 rings (SSSR count). The molecule has 2 aromatic rings. The first-order chi connectivity index (χ1) is 12.2. The molecule has 25 heavy (non-hydrogen) atoms. The average Bonchev–Trinajstić information content (AvgIpc) is 3.29. The molecule has 0 aliphatic carbocycles. The Morgan fingerprint density at radius 2 is 2.16 bits per heavy atom. The highest BCUT2D eigenvalue weighted by Gasteiger charge is 2.25. The number of likely N-dealkylation sites (tertiary alicyclic amines) is 1. The second kappa shape index (κ2) is 8.48. The summed E-state index contributed by atoms with van der Waals surface area (Å²) in [5.74, 6) is 2.13. The molecule has 1 aliphatic rings. The van der Waals surface area contributed by atoms with E-state index in [0.29, 0.717) is 11.8 Å². The van der Waals surface area contributed by atoms with Crippen molar-refractivity contribution in [2.75, 3.05) is 26.7 Å². The molecule has 0 spiro atoms. The molecule has 1 aromatic carbocycles. The summed E-state index contributed by atoms with van der Waals surface area (Å²) in [4.78, 5) is 11.6. The van der Waals surface area contributed by atoms with Crippen molar-refractivity contribution in [1.29, 1.82) is 0 Å². The summed E-state index contributed by atoms with van der Waals surface area (Å²) in [6, 6.07) is 10.8. The maximum absolute atomic E-state index is 4.71. The number of benzene rings is 1. The summed E-state index contributed by atoms with van der Waals surface area (Å²) in [6.45, 7) is 7.37. The van der Waals surface area contributed by atoms with Crippen molar-refractivity contribution in [3.05, 3.63) is 52.0 Å². The van der Waals surface area contributed by atoms with Crippen molar-refractivity contribution in [3.8, 4) is 0 Å². The molecule has 0 saturated carbocycles. The van der Waals surface area contributed by atoms with Crippen LogP contribution in [0.2, 0.25) is 0 Å². The van der Waals surface area contributed by atoms with Gasteiger partial charge in [0.05, 0.1) is 10.7 Å². The number of nitrogens with one attached hydrogen (secondary N) is 1. The summed E-state index contributed by atoms with van der Waals surface area (Å²) in [7, 11) is 1.87. The molecule has 1 aromatic heterocycles. The second-order valence-corrected chi connectivity index (χ2v) is 7.79. The summed E-state index contributed by atoms with van der Waals surface area (Å²) < 4.78 is 0. The van der Waals surface area contributed by atoms with Crippen LogP contribution in [0.4, 0.5) is 0 Å². The number of hydrogen-bond acceptors (Lipinski definition) is 3. The molecule has 1 fully saturated rings. The zero-order valence-corrected chi connectivity index (χ0v) is 16.2. The lowest BCUT2D eigenvalue weighted by atomic mass is 9.99. The first-order valence-electron chi connectivity index (χ1n) is 9.12. The Bertz CT molecular complexity index is 693. The lowest BCUT2D eigenvalue weighted by molar-refractivity contribution is 0.486. The van der Waals surface area contributed by atoms with E-state index in [2.05, 4.69) is 64.8 Å². The Hall–Kier alpha value is -1.88. The van der Waals surface area contributed by atoms with Crippen LogP contribution in [0, 0.1) is 0 Å². The van der Waals surface area contributed by atoms with Gasteiger partial charge < -0.3 is 10.2 Å². The fraction of sp³-hybridized carbons (Fsp3) is 0.500. The van der Waals surface area contributed by atoms with E-state index in [1.807, 2.05) is 7.05 Å². The van der Waals surface area contributed by atoms with Crippen molar-refractivity contribution in [1.82, 2.24) is 15.2 Å². The molecule has 1 atom stereocenters. The van der Waals surface area contributed by atoms with Crippen molar-refractivity contribution < 1.29 is 0 Å². The molecule has 1 aliphatic heterocycles. The van der Waals surface area contributed by atoms with Crippen LogP contribution in [-0.2, 0) is 6.42 Å². The summed E-state index contributed by atoms with van der Waals surface area (Å²) in [5, 5.41) is 6.92. The van der Waals surface area contributed by atoms with Gasteiger partial charge in [0.1, 0.15) is 0 Å². The van der Waals surface area contributed by atoms with Gasteiger partial charge >= 0.3 is 0 Å². The summed E-state index contributed by atoms with van der Waals surface area (Å²) in [6.07, 6.45) is 2.13. The number of guanidine groups is 1. The van der Waals surface area contributed by atoms with Gasteiger partial charge in [-0.1, -0.05) is 44.2 Å². The molecule has 1 unspecified atom stereocenters. The number of aliphatic imine (C=N–C) groups is 1. The molecule has 0 bridgehead atoms. The third kappa shape index (κ3) is 4.60. The predicted molar refractivity (Wildman–Crippen MR) is 107 cm³/mol. The van der Waals surface area contributed by atoms with Crippen LogP contribution in [0.3, 0.4) is 0 Å². The molecule has 1 saturated heterocycles. The van der Waals surface area contributed by atoms with Crippen LogP contribution >= 0.6 is 11.3 Å². The maximum Gasteiger partial charge on any atom is 0.193 e. The molecule has 1 N–H and O–H groups in total. The SMILES string of the molecule is CN=C(NCCc1csc(C(C)C)n1)N1CCC(c2ccccc2)C1. The Labute approximate surface area is 155 Å². The number of rotatable bonds is 5. The summed E-state index contributed by atoms with van der Waals surface area (Å²) >= 11 is 1.77. The molecule has 5 heteroatoms. The first-order valence-corrected chi connectivity index (χ1v) is 10.00. The van der Waals surface area contributed by atoms with Crippen LogP contribution in [0.15, 0.2) is 40.7 Å². The fourth-order valence-corrected chi connectivity index (χ4v) is 4.16. The van der Waals surface area contributed by atoms with E-state index in [1.54, 1.807) is 11.3 Å². The van der Waals surface area contributed by atoms with Crippen LogP contribution in [0.25, 0.3) is 0 Å². The van der Waals surface area contributed by atoms with Gasteiger partial charge in [-0.2, -0.15) is 0 Å². The molecule has 2 heterocycles. The van der Waals surface area contributed by atoms with E-state index in [-0.39, 0.29) is 0 Å². The predicted octanol–water partition coefficient (Wildman–Crippen LogP) is 3.87. The number of nitrogens with zero attached hydrogens (tertiary/aromatic N) is 3. The lowest BCUT2D eigenvalue weighted by Gasteiger charge is -2.21. The zero-order chi connectivity index (χ0) is 17.6. The normalized spacial score (nSPS) is 18.2. The van der Waals surface area contributed by atoms with Gasteiger partial charge in [-0.3, -0.25) is 4.99 Å². The highest BCUT2D eigenvalue weighted by molar-refractivity contribution is 7.09. The largest absolute Gasteiger partial charge is 0.356 e. The Kier molecular flexibility index (Phi) is 6.08. The highest BCUT2D eigenvalue weighted by Crippen LogP contribution is 2.26. The van der Waals surface area contributed by atoms with Gasteiger partial charge in [0.2, 0.25) is 0 Å². The van der Waals surface area contributed by atoms with E-state index < -0.39 is 0 Å². The van der Waals surface area contributed by atoms with Gasteiger partial charge in [-0.25, -0.2) is 4.98 Å². The average molecular weight is 357 g/mol. The topological polar surface area (TPSA) is 40.5 Å². The van der Waals surface area contributed by atoms with E-state index >= 15 is 0 Å². The van der Waals surface area contributed by atoms with E-state index in [4.69, 9.17) is 4.98 Å². The number of hydrogen-bond donors (Lipinski definition) is 1. The molecule has 0 amide bonds. The minimum Gasteiger partial charge on any atom is -0.356 e. The quantitative estimate of drug-likeness (QED) is 0.653. The molecular weight excluding hydrogens is 328 g/mol. The smallest absolute Gasteiger partial charge is 0.193 e. The fourth-order valence-electron chi connectivity index (χ4n) is 3.29. The lowest BCUT2D eigenvalue weighted by Crippen LogP contribution is -2.40. The minimum atomic E-state index is 0.513. The Morgan fingerprint density at radius 3 is 2.84 bits per heavy atom. The summed E-state index contributed by atoms with van der Waals surface area (Å²) in [5.41, 5.74) is 2.62. The first kappa shape index (κ1) is 17.9. The zero-order valence-electron chi connectivity index (χ0n) is 15.4. The highest BCUT2D eigenvalue weighted by atomic mass is 32.1. The standard InChI is InChI=1S/C20H28N4S/c1-15(2)19-23-18(14-25-19)9-11-22-20(21-3)24-12-10-17(13-24)16-7-5-4-6-8-16/h4-8,14-15,17H,9-13H2,1-3H3,(H,21,22). The third-order valence-corrected chi connectivity index (χ3v) is 5.89. The number of thiazole rings is 1. The van der Waals surface area contributed by atoms with Crippen molar-refractivity contribution in [2.24, 2.45) is 4.99 Å². The number of aromatic nitrogens is 1. The van der Waals surface area contributed by atoms with Crippen LogP contribution in [0.1, 0.15) is 48.4 Å². The van der Waals surface area contributed by atoms with Crippen LogP contribution in [0.5, 0.6) is 0 Å². The van der Waals surface area contributed by atoms with Gasteiger partial charge in [-0.05, 0) is 12.0 Å². The third-order valence-electron chi connectivity index (χ3n) is 4.70. The Morgan fingerprint density at radius 1 is 1.36 bits per heavy atom. The van der Waals surface area contributed by atoms with E-state index in [1.165, 1.54) is 22.7 Å². The second-order valence-electron chi connectivity index (χ2n) is 6.90. The van der Waals surface area contributed by atoms with Gasteiger partial charge in [0.15, 0.2) is 5.96 Å². The molecular formula is C20H28N4S. The molecule has 4 nitrogen and oxygen atoms in total. The molecule has 0 radical (unpaired) electrons. The van der Waals surface area contributed by atoms with Crippen LogP contribution in [-0.4, -0.2) is 42.5 Å². The monoisotopic (exact) mass is 356 g/mol. The van der Waals surface area contributed by atoms with E-state index in [9.17, 15) is 0 Å². The van der Waals surface area contributed by atoms with Crippen molar-refractivity contribution >= 4 is 17.3 Å².